The molecule has 3 rings (SSSR count). The largest absolute Gasteiger partial charge is 0.0998 e. The lowest BCUT2D eigenvalue weighted by Gasteiger charge is -2.57. The Morgan fingerprint density at radius 1 is 1.25 bits per heavy atom. The molecule has 0 aromatic carbocycles. The van der Waals surface area contributed by atoms with Crippen LogP contribution in [-0.2, 0) is 0 Å². The van der Waals surface area contributed by atoms with Crippen LogP contribution in [0.3, 0.4) is 0 Å². The van der Waals surface area contributed by atoms with E-state index in [-0.39, 0.29) is 0 Å². The average molecular weight is 272 g/mol. The minimum absolute atomic E-state index is 0.576. The number of hydrogen-bond acceptors (Lipinski definition) is 0. The zero-order chi connectivity index (χ0) is 14.5. The van der Waals surface area contributed by atoms with Crippen LogP contribution in [0.1, 0.15) is 72.6 Å². The summed E-state index contributed by atoms with van der Waals surface area (Å²) in [6.07, 6.45) is 12.4. The van der Waals surface area contributed by atoms with E-state index in [0.717, 1.165) is 17.8 Å². The van der Waals surface area contributed by atoms with Crippen molar-refractivity contribution in [2.75, 3.05) is 0 Å². The van der Waals surface area contributed by atoms with E-state index < -0.39 is 0 Å². The van der Waals surface area contributed by atoms with Crippen LogP contribution < -0.4 is 0 Å². The summed E-state index contributed by atoms with van der Waals surface area (Å²) >= 11 is 0. The molecule has 0 aromatic heterocycles. The van der Waals surface area contributed by atoms with Crippen LogP contribution in [0.4, 0.5) is 0 Å². The molecule has 0 saturated heterocycles. The molecule has 3 aliphatic carbocycles. The molecule has 2 saturated carbocycles. The number of hydrogen-bond donors (Lipinski definition) is 0. The lowest BCUT2D eigenvalue weighted by atomic mass is 9.47. The minimum Gasteiger partial charge on any atom is -0.0998 e. The predicted octanol–water partition coefficient (Wildman–Crippen LogP) is 6.14. The summed E-state index contributed by atoms with van der Waals surface area (Å²) in [4.78, 5) is 0. The van der Waals surface area contributed by atoms with Gasteiger partial charge in [-0.15, -0.1) is 0 Å². The monoisotopic (exact) mass is 272 g/mol. The summed E-state index contributed by atoms with van der Waals surface area (Å²) in [5.74, 6) is 2.57. The second kappa shape index (κ2) is 4.75. The molecule has 0 unspecified atom stereocenters. The first-order valence-corrected chi connectivity index (χ1v) is 8.70. The van der Waals surface area contributed by atoms with Crippen molar-refractivity contribution >= 4 is 0 Å². The van der Waals surface area contributed by atoms with Crippen LogP contribution in [0, 0.1) is 28.6 Å². The molecule has 0 amide bonds. The van der Waals surface area contributed by atoms with Gasteiger partial charge in [0, 0.05) is 0 Å². The van der Waals surface area contributed by atoms with Gasteiger partial charge >= 0.3 is 0 Å². The maximum Gasteiger partial charge on any atom is -0.0169 e. The van der Waals surface area contributed by atoms with Crippen LogP contribution in [0.5, 0.6) is 0 Å². The third-order valence-electron chi connectivity index (χ3n) is 7.38. The van der Waals surface area contributed by atoms with Crippen molar-refractivity contribution in [3.8, 4) is 0 Å². The van der Waals surface area contributed by atoms with Gasteiger partial charge in [-0.25, -0.2) is 0 Å². The van der Waals surface area contributed by atoms with Gasteiger partial charge in [0.1, 0.15) is 0 Å². The molecule has 0 aromatic rings. The van der Waals surface area contributed by atoms with E-state index in [2.05, 4.69) is 40.3 Å². The number of allylic oxidation sites excluding steroid dienone is 3. The van der Waals surface area contributed by atoms with Gasteiger partial charge in [0.05, 0.1) is 0 Å². The van der Waals surface area contributed by atoms with Crippen molar-refractivity contribution in [3.05, 3.63) is 23.8 Å². The van der Waals surface area contributed by atoms with Gasteiger partial charge in [-0.2, -0.15) is 0 Å². The third-order valence-corrected chi connectivity index (χ3v) is 7.38. The van der Waals surface area contributed by atoms with E-state index in [0.29, 0.717) is 10.8 Å². The summed E-state index contributed by atoms with van der Waals surface area (Å²) < 4.78 is 0. The molecule has 0 nitrogen and oxygen atoms in total. The predicted molar refractivity (Wildman–Crippen MR) is 87.6 cm³/mol. The molecule has 3 aliphatic rings. The fourth-order valence-corrected chi connectivity index (χ4v) is 6.07. The Labute approximate surface area is 125 Å². The molecular formula is C20H32. The summed E-state index contributed by atoms with van der Waals surface area (Å²) in [6.45, 7) is 14.1. The number of fused-ring (bicyclic) bond motifs is 2. The lowest BCUT2D eigenvalue weighted by Crippen LogP contribution is -2.50. The molecule has 2 fully saturated rings. The maximum absolute atomic E-state index is 4.36. The molecule has 0 heterocycles. The van der Waals surface area contributed by atoms with E-state index in [1.165, 1.54) is 50.5 Å². The van der Waals surface area contributed by atoms with E-state index in [1.807, 2.05) is 0 Å². The molecule has 0 bridgehead atoms. The Morgan fingerprint density at radius 3 is 2.55 bits per heavy atom. The molecule has 0 radical (unpaired) electrons. The van der Waals surface area contributed by atoms with Crippen molar-refractivity contribution in [1.82, 2.24) is 0 Å². The molecule has 0 aliphatic heterocycles. The smallest absolute Gasteiger partial charge is 0.0169 e. The summed E-state index contributed by atoms with van der Waals surface area (Å²) in [5.41, 5.74) is 4.25. The first-order chi connectivity index (χ1) is 9.39. The summed E-state index contributed by atoms with van der Waals surface area (Å²) in [5, 5.41) is 0. The third kappa shape index (κ3) is 1.94. The number of rotatable bonds is 1. The Kier molecular flexibility index (Phi) is 3.42. The Balaban J connectivity index is 2.03. The van der Waals surface area contributed by atoms with Crippen molar-refractivity contribution in [2.45, 2.75) is 72.6 Å². The standard InChI is InChI=1S/C20H32/c1-14(2)17-9-11-19(5)10-8-16(4)20(18(17)19)12-6-15(3)7-13-20/h6,16-18H,1,7-13H2,2-5H3/t16-,17-,18+,19+,20-/m1/s1. The van der Waals surface area contributed by atoms with Gasteiger partial charge < -0.3 is 0 Å². The average Bonchev–Trinajstić information content (AvgIpc) is 2.77. The molecule has 0 N–H and O–H groups in total. The fraction of sp³-hybridized carbons (Fsp3) is 0.800. The topological polar surface area (TPSA) is 0 Å². The van der Waals surface area contributed by atoms with Gasteiger partial charge in [-0.05, 0) is 87.4 Å². The van der Waals surface area contributed by atoms with Gasteiger partial charge in [-0.3, -0.25) is 0 Å². The second-order valence-electron chi connectivity index (χ2n) is 8.55. The maximum atomic E-state index is 4.36. The summed E-state index contributed by atoms with van der Waals surface area (Å²) in [7, 11) is 0. The van der Waals surface area contributed by atoms with E-state index >= 15 is 0 Å². The molecule has 0 heteroatoms. The quantitative estimate of drug-likeness (QED) is 0.503. The molecule has 5 atom stereocenters. The van der Waals surface area contributed by atoms with Crippen molar-refractivity contribution in [3.63, 3.8) is 0 Å². The van der Waals surface area contributed by atoms with Crippen LogP contribution >= 0.6 is 0 Å². The van der Waals surface area contributed by atoms with Crippen LogP contribution in [-0.4, -0.2) is 0 Å². The molecule has 1 spiro atoms. The first-order valence-electron chi connectivity index (χ1n) is 8.70. The van der Waals surface area contributed by atoms with Gasteiger partial charge in [0.2, 0.25) is 0 Å². The van der Waals surface area contributed by atoms with Crippen LogP contribution in [0.25, 0.3) is 0 Å². The Hall–Kier alpha value is -0.520. The first kappa shape index (κ1) is 14.4. The SMILES string of the molecule is C=C(C)[C@H]1CC[C@]2(C)CC[C@@H](C)[C@]3(CC=C(C)CC3)[C@@H]12. The Bertz CT molecular complexity index is 443. The molecule has 20 heavy (non-hydrogen) atoms. The van der Waals surface area contributed by atoms with E-state index in [9.17, 15) is 0 Å². The lowest BCUT2D eigenvalue weighted by molar-refractivity contribution is -0.0651. The van der Waals surface area contributed by atoms with Crippen molar-refractivity contribution < 1.29 is 0 Å². The Morgan fingerprint density at radius 2 is 1.95 bits per heavy atom. The van der Waals surface area contributed by atoms with Gasteiger partial charge in [0.15, 0.2) is 0 Å². The summed E-state index contributed by atoms with van der Waals surface area (Å²) in [6, 6.07) is 0. The van der Waals surface area contributed by atoms with Gasteiger partial charge in [0.25, 0.3) is 0 Å². The van der Waals surface area contributed by atoms with E-state index in [1.54, 1.807) is 5.57 Å². The van der Waals surface area contributed by atoms with Crippen LogP contribution in [0.15, 0.2) is 23.8 Å². The second-order valence-corrected chi connectivity index (χ2v) is 8.55. The minimum atomic E-state index is 0.576. The normalized spacial score (nSPS) is 48.0. The highest BCUT2D eigenvalue weighted by Crippen LogP contribution is 2.67. The van der Waals surface area contributed by atoms with Crippen molar-refractivity contribution in [1.29, 1.82) is 0 Å². The van der Waals surface area contributed by atoms with E-state index in [4.69, 9.17) is 0 Å². The molecular weight excluding hydrogens is 240 g/mol. The highest BCUT2D eigenvalue weighted by molar-refractivity contribution is 5.19. The van der Waals surface area contributed by atoms with Crippen LogP contribution in [0.2, 0.25) is 0 Å². The zero-order valence-corrected chi connectivity index (χ0v) is 14.0. The highest BCUT2D eigenvalue weighted by atomic mass is 14.6. The highest BCUT2D eigenvalue weighted by Gasteiger charge is 2.59. The van der Waals surface area contributed by atoms with Gasteiger partial charge in [-0.1, -0.05) is 37.6 Å². The molecule has 112 valence electrons. The zero-order valence-electron chi connectivity index (χ0n) is 14.0. The fourth-order valence-electron chi connectivity index (χ4n) is 6.07. The van der Waals surface area contributed by atoms with Crippen molar-refractivity contribution in [2.24, 2.45) is 28.6 Å².